The van der Waals surface area contributed by atoms with Crippen molar-refractivity contribution in [3.8, 4) is 0 Å². The van der Waals surface area contributed by atoms with Crippen LogP contribution in [0.3, 0.4) is 0 Å². The number of ether oxygens (including phenoxy) is 1. The van der Waals surface area contributed by atoms with Gasteiger partial charge in [-0.3, -0.25) is 9.78 Å². The molecule has 7 heteroatoms. The van der Waals surface area contributed by atoms with E-state index in [0.29, 0.717) is 38.6 Å². The van der Waals surface area contributed by atoms with Gasteiger partial charge in [-0.1, -0.05) is 13.0 Å². The van der Waals surface area contributed by atoms with E-state index >= 15 is 0 Å². The van der Waals surface area contributed by atoms with Gasteiger partial charge < -0.3 is 9.64 Å². The molecule has 3 fully saturated rings. The molecule has 136 valence electrons. The standard InChI is InChI=1S/C18H24N2O4S/c1-13-7-16(13)17(21)20-11-18(12-20)15(4-6-25(18,22)23)10-24-9-14-3-2-5-19-8-14/h2-3,5,8,13,15-16H,4,6-7,9-12H2,1H3/t13-,15+,16-/m1/s1. The molecule has 1 aromatic heterocycles. The Labute approximate surface area is 148 Å². The van der Waals surface area contributed by atoms with E-state index in [9.17, 15) is 13.2 Å². The Morgan fingerprint density at radius 2 is 2.20 bits per heavy atom. The van der Waals surface area contributed by atoms with Crippen molar-refractivity contribution in [2.75, 3.05) is 25.4 Å². The molecule has 0 N–H and O–H groups in total. The molecule has 25 heavy (non-hydrogen) atoms. The van der Waals surface area contributed by atoms with Crippen LogP contribution in [0.2, 0.25) is 0 Å². The van der Waals surface area contributed by atoms with Gasteiger partial charge in [0, 0.05) is 37.3 Å². The van der Waals surface area contributed by atoms with Crippen molar-refractivity contribution < 1.29 is 17.9 Å². The number of hydrogen-bond donors (Lipinski definition) is 0. The highest BCUT2D eigenvalue weighted by atomic mass is 32.2. The van der Waals surface area contributed by atoms with Crippen molar-refractivity contribution in [1.82, 2.24) is 9.88 Å². The number of aromatic nitrogens is 1. The van der Waals surface area contributed by atoms with Crippen LogP contribution in [0.15, 0.2) is 24.5 Å². The molecule has 1 aliphatic carbocycles. The number of nitrogens with zero attached hydrogens (tertiary/aromatic N) is 2. The Kier molecular flexibility index (Phi) is 4.11. The Morgan fingerprint density at radius 3 is 2.84 bits per heavy atom. The molecule has 4 rings (SSSR count). The second-order valence-electron chi connectivity index (χ2n) is 7.76. The maximum absolute atomic E-state index is 12.6. The summed E-state index contributed by atoms with van der Waals surface area (Å²) in [6.45, 7) is 3.61. The minimum absolute atomic E-state index is 0.0325. The molecule has 3 atom stereocenters. The van der Waals surface area contributed by atoms with E-state index in [2.05, 4.69) is 11.9 Å². The van der Waals surface area contributed by atoms with Crippen LogP contribution >= 0.6 is 0 Å². The largest absolute Gasteiger partial charge is 0.376 e. The smallest absolute Gasteiger partial charge is 0.226 e. The summed E-state index contributed by atoms with van der Waals surface area (Å²) < 4.78 is 30.3. The fraction of sp³-hybridized carbons (Fsp3) is 0.667. The van der Waals surface area contributed by atoms with E-state index in [1.807, 2.05) is 12.1 Å². The number of amides is 1. The first-order valence-corrected chi connectivity index (χ1v) is 10.6. The van der Waals surface area contributed by atoms with Crippen LogP contribution in [0.4, 0.5) is 0 Å². The summed E-state index contributed by atoms with van der Waals surface area (Å²) in [4.78, 5) is 18.1. The Balaban J connectivity index is 1.38. The van der Waals surface area contributed by atoms with Crippen LogP contribution in [0.5, 0.6) is 0 Å². The molecule has 1 aromatic rings. The van der Waals surface area contributed by atoms with Gasteiger partial charge in [-0.05, 0) is 30.4 Å². The van der Waals surface area contributed by atoms with Crippen LogP contribution in [0.25, 0.3) is 0 Å². The molecule has 1 spiro atoms. The quantitative estimate of drug-likeness (QED) is 0.786. The van der Waals surface area contributed by atoms with Crippen LogP contribution in [0, 0.1) is 17.8 Å². The summed E-state index contributed by atoms with van der Waals surface area (Å²) >= 11 is 0. The molecule has 0 aromatic carbocycles. The van der Waals surface area contributed by atoms with Crippen molar-refractivity contribution >= 4 is 15.7 Å². The fourth-order valence-corrected chi connectivity index (χ4v) is 6.57. The average Bonchev–Trinajstić information content (AvgIpc) is 3.21. The maximum Gasteiger partial charge on any atom is 0.226 e. The summed E-state index contributed by atoms with van der Waals surface area (Å²) in [7, 11) is -3.17. The summed E-state index contributed by atoms with van der Waals surface area (Å²) in [6, 6.07) is 3.79. The first-order chi connectivity index (χ1) is 11.9. The third-order valence-corrected chi connectivity index (χ3v) is 8.67. The second-order valence-corrected chi connectivity index (χ2v) is 10.2. The number of carbonyl (C=O) groups excluding carboxylic acids is 1. The SMILES string of the molecule is C[C@@H]1C[C@H]1C(=O)N1CC2(C1)[C@H](COCc1cccnc1)CCS2(=O)=O. The normalized spacial score (nSPS) is 31.7. The van der Waals surface area contributed by atoms with Crippen molar-refractivity contribution in [3.63, 3.8) is 0 Å². The third-order valence-electron chi connectivity index (χ3n) is 6.06. The molecular weight excluding hydrogens is 340 g/mol. The van der Waals surface area contributed by atoms with Crippen LogP contribution in [0.1, 0.15) is 25.3 Å². The zero-order valence-corrected chi connectivity index (χ0v) is 15.2. The molecule has 0 radical (unpaired) electrons. The molecule has 3 aliphatic rings. The van der Waals surface area contributed by atoms with Crippen molar-refractivity contribution in [1.29, 1.82) is 0 Å². The van der Waals surface area contributed by atoms with E-state index in [0.717, 1.165) is 12.0 Å². The van der Waals surface area contributed by atoms with E-state index in [4.69, 9.17) is 4.74 Å². The number of likely N-dealkylation sites (tertiary alicyclic amines) is 1. The molecule has 0 bridgehead atoms. The minimum Gasteiger partial charge on any atom is -0.376 e. The Morgan fingerprint density at radius 1 is 1.44 bits per heavy atom. The first-order valence-electron chi connectivity index (χ1n) is 8.91. The third kappa shape index (κ3) is 2.87. The molecule has 6 nitrogen and oxygen atoms in total. The minimum atomic E-state index is -3.17. The lowest BCUT2D eigenvalue weighted by Crippen LogP contribution is -2.69. The van der Waals surface area contributed by atoms with Gasteiger partial charge in [0.05, 0.1) is 19.0 Å². The molecule has 2 saturated heterocycles. The van der Waals surface area contributed by atoms with Crippen molar-refractivity contribution in [3.05, 3.63) is 30.1 Å². The Hall–Kier alpha value is -1.47. The van der Waals surface area contributed by atoms with Gasteiger partial charge in [0.2, 0.25) is 5.91 Å². The highest BCUT2D eigenvalue weighted by Gasteiger charge is 2.63. The van der Waals surface area contributed by atoms with Gasteiger partial charge >= 0.3 is 0 Å². The highest BCUT2D eigenvalue weighted by Crippen LogP contribution is 2.47. The van der Waals surface area contributed by atoms with Gasteiger partial charge in [0.25, 0.3) is 0 Å². The molecule has 2 aliphatic heterocycles. The fourth-order valence-electron chi connectivity index (χ4n) is 4.17. The number of rotatable bonds is 5. The molecule has 1 saturated carbocycles. The summed E-state index contributed by atoms with van der Waals surface area (Å²) in [6.07, 6.45) is 5.02. The van der Waals surface area contributed by atoms with Gasteiger partial charge in [-0.15, -0.1) is 0 Å². The Bertz CT molecular complexity index is 759. The van der Waals surface area contributed by atoms with Crippen LogP contribution in [-0.2, 0) is 26.0 Å². The molecular formula is C18H24N2O4S. The van der Waals surface area contributed by atoms with E-state index in [1.165, 1.54) is 0 Å². The molecule has 0 unspecified atom stereocenters. The number of sulfone groups is 1. The lowest BCUT2D eigenvalue weighted by molar-refractivity contribution is -0.139. The van der Waals surface area contributed by atoms with Gasteiger partial charge in [0.15, 0.2) is 9.84 Å². The van der Waals surface area contributed by atoms with E-state index < -0.39 is 14.6 Å². The summed E-state index contributed by atoms with van der Waals surface area (Å²) in [5.41, 5.74) is 0.977. The average molecular weight is 364 g/mol. The topological polar surface area (TPSA) is 76.6 Å². The predicted octanol–water partition coefficient (Wildman–Crippen LogP) is 1.27. The van der Waals surface area contributed by atoms with E-state index in [-0.39, 0.29) is 23.5 Å². The van der Waals surface area contributed by atoms with Crippen molar-refractivity contribution in [2.24, 2.45) is 17.8 Å². The maximum atomic E-state index is 12.6. The molecule has 1 amide bonds. The van der Waals surface area contributed by atoms with Gasteiger partial charge in [0.1, 0.15) is 4.75 Å². The van der Waals surface area contributed by atoms with Crippen molar-refractivity contribution in [2.45, 2.75) is 31.1 Å². The summed E-state index contributed by atoms with van der Waals surface area (Å²) in [5, 5.41) is 0. The lowest BCUT2D eigenvalue weighted by Gasteiger charge is -2.50. The highest BCUT2D eigenvalue weighted by molar-refractivity contribution is 7.93. The first kappa shape index (κ1) is 17.0. The van der Waals surface area contributed by atoms with Crippen LogP contribution < -0.4 is 0 Å². The van der Waals surface area contributed by atoms with E-state index in [1.54, 1.807) is 17.3 Å². The van der Waals surface area contributed by atoms with Gasteiger partial charge in [-0.25, -0.2) is 8.42 Å². The predicted molar refractivity (Wildman–Crippen MR) is 92.4 cm³/mol. The number of carbonyl (C=O) groups is 1. The zero-order chi connectivity index (χ0) is 17.7. The zero-order valence-electron chi connectivity index (χ0n) is 14.4. The van der Waals surface area contributed by atoms with Crippen LogP contribution in [-0.4, -0.2) is 54.4 Å². The lowest BCUT2D eigenvalue weighted by atomic mass is 9.83. The number of pyridine rings is 1. The van der Waals surface area contributed by atoms with Gasteiger partial charge in [-0.2, -0.15) is 0 Å². The molecule has 3 heterocycles. The summed E-state index contributed by atoms with van der Waals surface area (Å²) in [5.74, 6) is 0.866. The second kappa shape index (κ2) is 6.06. The monoisotopic (exact) mass is 364 g/mol. The number of hydrogen-bond acceptors (Lipinski definition) is 5.